The van der Waals surface area contributed by atoms with Crippen molar-refractivity contribution in [2.45, 2.75) is 51.0 Å². The molecule has 8 nitrogen and oxygen atoms in total. The van der Waals surface area contributed by atoms with Gasteiger partial charge in [-0.3, -0.25) is 4.79 Å². The Morgan fingerprint density at radius 2 is 1.97 bits per heavy atom. The third kappa shape index (κ3) is 4.65. The smallest absolute Gasteiger partial charge is 0.316 e. The predicted molar refractivity (Wildman–Crippen MR) is 123 cm³/mol. The molecule has 2 N–H and O–H groups in total. The molecule has 4 rings (SSSR count). The maximum Gasteiger partial charge on any atom is 0.316 e. The number of benzene rings is 1. The minimum absolute atomic E-state index is 0.302. The highest BCUT2D eigenvalue weighted by Crippen LogP contribution is 2.50. The number of nitrogens with one attached hydrogen (secondary N) is 1. The first-order valence-electron chi connectivity index (χ1n) is 11.3. The zero-order chi connectivity index (χ0) is 22.7. The van der Waals surface area contributed by atoms with Crippen LogP contribution in [0.5, 0.6) is 6.01 Å². The molecule has 2 aliphatic rings. The summed E-state index contributed by atoms with van der Waals surface area (Å²) in [6.45, 7) is 6.86. The summed E-state index contributed by atoms with van der Waals surface area (Å²) in [6, 6.07) is 6.73. The number of nitrogens with zero attached hydrogens (tertiary/aromatic N) is 3. The molecule has 172 valence electrons. The molecular weight excluding hydrogens is 408 g/mol. The molecule has 1 saturated heterocycles. The number of carboxylic acids is 1. The van der Waals surface area contributed by atoms with Crippen molar-refractivity contribution >= 4 is 23.0 Å². The van der Waals surface area contributed by atoms with Gasteiger partial charge in [-0.25, -0.2) is 9.97 Å². The number of ether oxygens (including phenoxy) is 2. The third-order valence-corrected chi connectivity index (χ3v) is 6.30. The summed E-state index contributed by atoms with van der Waals surface area (Å²) in [7, 11) is 1.53. The van der Waals surface area contributed by atoms with Crippen LogP contribution in [0.25, 0.3) is 0 Å². The highest BCUT2D eigenvalue weighted by atomic mass is 16.5. The third-order valence-electron chi connectivity index (χ3n) is 6.30. The van der Waals surface area contributed by atoms with Crippen LogP contribution in [0, 0.1) is 5.92 Å². The molecule has 32 heavy (non-hydrogen) atoms. The Morgan fingerprint density at radius 1 is 1.28 bits per heavy atom. The average molecular weight is 441 g/mol. The number of aromatic nitrogens is 2. The fourth-order valence-electron chi connectivity index (χ4n) is 4.41. The van der Waals surface area contributed by atoms with Crippen molar-refractivity contribution in [1.29, 1.82) is 0 Å². The zero-order valence-corrected chi connectivity index (χ0v) is 19.0. The summed E-state index contributed by atoms with van der Waals surface area (Å²) in [5.41, 5.74) is 2.72. The van der Waals surface area contributed by atoms with Gasteiger partial charge in [0, 0.05) is 25.8 Å². The molecule has 0 atom stereocenters. The van der Waals surface area contributed by atoms with Crippen LogP contribution in [0.1, 0.15) is 45.1 Å². The van der Waals surface area contributed by atoms with Gasteiger partial charge in [0.1, 0.15) is 0 Å². The van der Waals surface area contributed by atoms with Crippen molar-refractivity contribution in [3.63, 3.8) is 0 Å². The van der Waals surface area contributed by atoms with Gasteiger partial charge in [0.2, 0.25) is 0 Å². The van der Waals surface area contributed by atoms with Gasteiger partial charge in [0.05, 0.1) is 42.0 Å². The summed E-state index contributed by atoms with van der Waals surface area (Å²) in [4.78, 5) is 22.8. The second-order valence-electron chi connectivity index (χ2n) is 9.09. The Morgan fingerprint density at radius 3 is 2.53 bits per heavy atom. The molecule has 1 aromatic heterocycles. The lowest BCUT2D eigenvalue weighted by Crippen LogP contribution is -2.42. The molecule has 1 aliphatic heterocycles. The van der Waals surface area contributed by atoms with Crippen molar-refractivity contribution in [3.8, 4) is 6.01 Å². The molecule has 0 amide bonds. The quantitative estimate of drug-likeness (QED) is 0.604. The van der Waals surface area contributed by atoms with Gasteiger partial charge >= 0.3 is 12.0 Å². The first-order valence-corrected chi connectivity index (χ1v) is 11.3. The van der Waals surface area contributed by atoms with E-state index in [4.69, 9.17) is 9.47 Å². The van der Waals surface area contributed by atoms with E-state index in [-0.39, 0.29) is 0 Å². The van der Waals surface area contributed by atoms with Gasteiger partial charge < -0.3 is 24.8 Å². The van der Waals surface area contributed by atoms with E-state index in [1.54, 1.807) is 12.4 Å². The van der Waals surface area contributed by atoms with Crippen LogP contribution in [0.3, 0.4) is 0 Å². The topological polar surface area (TPSA) is 96.8 Å². The standard InChI is InChI=1S/C24H32N4O4/c1-16(2)15-28(19-6-10-32-11-7-19)21-5-4-17(24(8-9-24)22(29)30)12-20(21)27-18-13-25-23(31-3)26-14-18/h4-5,12-14,16,19,27H,6-11,15H2,1-3H3,(H,29,30). The number of methoxy groups -OCH3 is 1. The highest BCUT2D eigenvalue weighted by Gasteiger charge is 2.52. The molecule has 1 aliphatic carbocycles. The largest absolute Gasteiger partial charge is 0.481 e. The predicted octanol–water partition coefficient (Wildman–Crippen LogP) is 3.99. The zero-order valence-electron chi connectivity index (χ0n) is 19.0. The van der Waals surface area contributed by atoms with Crippen molar-refractivity contribution in [3.05, 3.63) is 36.2 Å². The van der Waals surface area contributed by atoms with E-state index in [0.29, 0.717) is 30.8 Å². The van der Waals surface area contributed by atoms with E-state index in [2.05, 4.69) is 40.1 Å². The number of hydrogen-bond acceptors (Lipinski definition) is 7. The van der Waals surface area contributed by atoms with Crippen molar-refractivity contribution in [2.24, 2.45) is 5.92 Å². The average Bonchev–Trinajstić information content (AvgIpc) is 3.61. The molecule has 8 heteroatoms. The molecule has 1 aromatic carbocycles. The molecule has 1 saturated carbocycles. The Kier molecular flexibility index (Phi) is 6.50. The first-order chi connectivity index (χ1) is 15.4. The minimum atomic E-state index is -0.771. The van der Waals surface area contributed by atoms with Crippen LogP contribution < -0.4 is 15.0 Å². The van der Waals surface area contributed by atoms with Gasteiger partial charge in [-0.15, -0.1) is 0 Å². The van der Waals surface area contributed by atoms with Crippen LogP contribution in [-0.4, -0.2) is 54.0 Å². The van der Waals surface area contributed by atoms with E-state index in [1.165, 1.54) is 7.11 Å². The van der Waals surface area contributed by atoms with Crippen LogP contribution in [0.4, 0.5) is 17.1 Å². The van der Waals surface area contributed by atoms with E-state index < -0.39 is 11.4 Å². The highest BCUT2D eigenvalue weighted by molar-refractivity contribution is 5.87. The molecule has 0 radical (unpaired) electrons. The minimum Gasteiger partial charge on any atom is -0.481 e. The van der Waals surface area contributed by atoms with Crippen LogP contribution in [0.2, 0.25) is 0 Å². The molecule has 0 bridgehead atoms. The lowest BCUT2D eigenvalue weighted by atomic mass is 9.94. The van der Waals surface area contributed by atoms with Gasteiger partial charge in [-0.05, 0) is 49.3 Å². The summed E-state index contributed by atoms with van der Waals surface area (Å²) in [5, 5.41) is 13.3. The second-order valence-corrected chi connectivity index (χ2v) is 9.09. The van der Waals surface area contributed by atoms with Gasteiger partial charge in [0.15, 0.2) is 0 Å². The number of anilines is 3. The molecule has 0 spiro atoms. The number of hydrogen-bond donors (Lipinski definition) is 2. The first kappa shape index (κ1) is 22.3. The van der Waals surface area contributed by atoms with E-state index in [0.717, 1.165) is 55.2 Å². The van der Waals surface area contributed by atoms with Crippen molar-refractivity contribution < 1.29 is 19.4 Å². The molecule has 0 unspecified atom stereocenters. The Bertz CT molecular complexity index is 938. The molecule has 2 aromatic rings. The molecule has 2 heterocycles. The lowest BCUT2D eigenvalue weighted by molar-refractivity contribution is -0.140. The van der Waals surface area contributed by atoms with Gasteiger partial charge in [0.25, 0.3) is 0 Å². The Labute approximate surface area is 189 Å². The van der Waals surface area contributed by atoms with Crippen LogP contribution in [0.15, 0.2) is 30.6 Å². The summed E-state index contributed by atoms with van der Waals surface area (Å²) in [5.74, 6) is -0.282. The second kappa shape index (κ2) is 9.32. The maximum absolute atomic E-state index is 12.0. The van der Waals surface area contributed by atoms with E-state index in [1.807, 2.05) is 12.1 Å². The SMILES string of the molecule is COc1ncc(Nc2cc(C3(C(=O)O)CC3)ccc2N(CC(C)C)C2CCOCC2)cn1. The molecule has 2 fully saturated rings. The summed E-state index contributed by atoms with van der Waals surface area (Å²) >= 11 is 0. The van der Waals surface area contributed by atoms with Gasteiger partial charge in [-0.1, -0.05) is 19.9 Å². The van der Waals surface area contributed by atoms with E-state index in [9.17, 15) is 9.90 Å². The Hall–Kier alpha value is -2.87. The number of rotatable bonds is 9. The fraction of sp³-hybridized carbons (Fsp3) is 0.542. The molecular formula is C24H32N4O4. The summed E-state index contributed by atoms with van der Waals surface area (Å²) < 4.78 is 10.7. The normalized spacial score (nSPS) is 17.8. The lowest BCUT2D eigenvalue weighted by Gasteiger charge is -2.38. The monoisotopic (exact) mass is 440 g/mol. The van der Waals surface area contributed by atoms with Crippen LogP contribution in [-0.2, 0) is 14.9 Å². The Balaban J connectivity index is 1.74. The van der Waals surface area contributed by atoms with Crippen molar-refractivity contribution in [2.75, 3.05) is 37.1 Å². The van der Waals surface area contributed by atoms with Crippen LogP contribution >= 0.6 is 0 Å². The van der Waals surface area contributed by atoms with Crippen molar-refractivity contribution in [1.82, 2.24) is 9.97 Å². The summed E-state index contributed by atoms with van der Waals surface area (Å²) in [6.07, 6.45) is 6.63. The fourth-order valence-corrected chi connectivity index (χ4v) is 4.41. The number of carbonyl (C=O) groups is 1. The number of aliphatic carboxylic acids is 1. The van der Waals surface area contributed by atoms with Gasteiger partial charge in [-0.2, -0.15) is 0 Å². The van der Waals surface area contributed by atoms with E-state index >= 15 is 0 Å². The maximum atomic E-state index is 12.0. The number of carboxylic acid groups (broad SMARTS) is 1.